The Kier molecular flexibility index (Phi) is 5.37. The van der Waals surface area contributed by atoms with Crippen LogP contribution in [-0.2, 0) is 9.59 Å². The summed E-state index contributed by atoms with van der Waals surface area (Å²) in [5.74, 6) is -0.258. The molecule has 0 saturated carbocycles. The number of piperazine rings is 1. The van der Waals surface area contributed by atoms with Crippen molar-refractivity contribution >= 4 is 11.8 Å². The third-order valence-corrected chi connectivity index (χ3v) is 2.97. The molecule has 1 unspecified atom stereocenters. The highest BCUT2D eigenvalue weighted by Crippen LogP contribution is 1.99. The van der Waals surface area contributed by atoms with E-state index in [9.17, 15) is 9.59 Å². The molecule has 1 aliphatic rings. The lowest BCUT2D eigenvalue weighted by Gasteiger charge is -2.32. The third-order valence-electron chi connectivity index (χ3n) is 2.97. The zero-order valence-electron chi connectivity index (χ0n) is 10.6. The number of nitrogens with two attached hydrogens (primary N) is 1. The zero-order chi connectivity index (χ0) is 12.8. The molecule has 1 heterocycles. The molecule has 6 nitrogen and oxygen atoms in total. The Morgan fingerprint density at radius 3 is 2.41 bits per heavy atom. The maximum absolute atomic E-state index is 11.8. The fourth-order valence-electron chi connectivity index (χ4n) is 1.80. The van der Waals surface area contributed by atoms with Crippen LogP contribution in [0.4, 0.5) is 0 Å². The van der Waals surface area contributed by atoms with E-state index < -0.39 is 0 Å². The third kappa shape index (κ3) is 5.14. The Bertz CT molecular complexity index is 275. The molecule has 1 aliphatic heterocycles. The monoisotopic (exact) mass is 242 g/mol. The van der Waals surface area contributed by atoms with Gasteiger partial charge in [-0.3, -0.25) is 9.59 Å². The van der Waals surface area contributed by atoms with Crippen LogP contribution in [0.1, 0.15) is 13.3 Å². The Morgan fingerprint density at radius 2 is 1.88 bits per heavy atom. The molecule has 6 heteroatoms. The zero-order valence-corrected chi connectivity index (χ0v) is 10.6. The number of likely N-dealkylation sites (N-methyl/N-ethyl adjacent to an activating group) is 1. The Labute approximate surface area is 102 Å². The van der Waals surface area contributed by atoms with E-state index in [-0.39, 0.29) is 30.8 Å². The van der Waals surface area contributed by atoms with Gasteiger partial charge in [0.1, 0.15) is 0 Å². The van der Waals surface area contributed by atoms with Crippen molar-refractivity contribution in [1.29, 1.82) is 0 Å². The van der Waals surface area contributed by atoms with Crippen molar-refractivity contribution in [3.05, 3.63) is 0 Å². The molecule has 0 radical (unpaired) electrons. The van der Waals surface area contributed by atoms with Crippen LogP contribution in [0.15, 0.2) is 0 Å². The van der Waals surface area contributed by atoms with Gasteiger partial charge in [0.05, 0.1) is 6.54 Å². The molecular formula is C11H22N4O2. The highest BCUT2D eigenvalue weighted by atomic mass is 16.2. The average molecular weight is 242 g/mol. The summed E-state index contributed by atoms with van der Waals surface area (Å²) in [5, 5.41) is 3.02. The topological polar surface area (TPSA) is 78.7 Å². The first-order chi connectivity index (χ1) is 7.99. The highest BCUT2D eigenvalue weighted by molar-refractivity contribution is 5.78. The Balaban J connectivity index is 2.22. The van der Waals surface area contributed by atoms with E-state index in [2.05, 4.69) is 17.3 Å². The average Bonchev–Trinajstić information content (AvgIpc) is 2.26. The SMILES string of the molecule is CC(CC(N)=O)NCC(=O)N1CCN(C)CC1. The summed E-state index contributed by atoms with van der Waals surface area (Å²) in [6.07, 6.45) is 0.260. The van der Waals surface area contributed by atoms with Crippen LogP contribution in [0.25, 0.3) is 0 Å². The van der Waals surface area contributed by atoms with E-state index in [0.29, 0.717) is 0 Å². The minimum atomic E-state index is -0.350. The first-order valence-electron chi connectivity index (χ1n) is 5.97. The summed E-state index contributed by atoms with van der Waals surface area (Å²) >= 11 is 0. The number of rotatable bonds is 5. The van der Waals surface area contributed by atoms with Crippen molar-refractivity contribution in [1.82, 2.24) is 15.1 Å². The lowest BCUT2D eigenvalue weighted by molar-refractivity contribution is -0.132. The van der Waals surface area contributed by atoms with E-state index in [4.69, 9.17) is 5.73 Å². The minimum Gasteiger partial charge on any atom is -0.370 e. The van der Waals surface area contributed by atoms with Crippen LogP contribution in [0, 0.1) is 0 Å². The van der Waals surface area contributed by atoms with Gasteiger partial charge in [0, 0.05) is 38.6 Å². The quantitative estimate of drug-likeness (QED) is 0.622. The van der Waals surface area contributed by atoms with E-state index in [1.807, 2.05) is 11.8 Å². The number of amides is 2. The van der Waals surface area contributed by atoms with Gasteiger partial charge in [0.2, 0.25) is 11.8 Å². The standard InChI is InChI=1S/C11H22N4O2/c1-9(7-10(12)16)13-8-11(17)15-5-3-14(2)4-6-15/h9,13H,3-8H2,1-2H3,(H2,12,16). The van der Waals surface area contributed by atoms with Gasteiger partial charge in [0.25, 0.3) is 0 Å². The van der Waals surface area contributed by atoms with Crippen LogP contribution in [-0.4, -0.2) is 67.4 Å². The lowest BCUT2D eigenvalue weighted by Crippen LogP contribution is -2.50. The molecule has 0 spiro atoms. The summed E-state index contributed by atoms with van der Waals surface area (Å²) in [7, 11) is 2.05. The van der Waals surface area contributed by atoms with Crippen LogP contribution in [0.5, 0.6) is 0 Å². The normalized spacial score (nSPS) is 19.1. The van der Waals surface area contributed by atoms with Crippen LogP contribution in [0.2, 0.25) is 0 Å². The van der Waals surface area contributed by atoms with Crippen molar-refractivity contribution in [3.63, 3.8) is 0 Å². The highest BCUT2D eigenvalue weighted by Gasteiger charge is 2.19. The van der Waals surface area contributed by atoms with Gasteiger partial charge >= 0.3 is 0 Å². The van der Waals surface area contributed by atoms with Gasteiger partial charge in [0.15, 0.2) is 0 Å². The Hall–Kier alpha value is -1.14. The minimum absolute atomic E-state index is 0.0519. The number of hydrogen-bond acceptors (Lipinski definition) is 4. The van der Waals surface area contributed by atoms with E-state index >= 15 is 0 Å². The summed E-state index contributed by atoms with van der Waals surface area (Å²) < 4.78 is 0. The lowest BCUT2D eigenvalue weighted by atomic mass is 10.2. The van der Waals surface area contributed by atoms with Crippen LogP contribution < -0.4 is 11.1 Å². The number of carbonyl (C=O) groups is 2. The van der Waals surface area contributed by atoms with Crippen molar-refractivity contribution in [3.8, 4) is 0 Å². The fraction of sp³-hybridized carbons (Fsp3) is 0.818. The molecule has 1 saturated heterocycles. The molecule has 1 rings (SSSR count). The first-order valence-corrected chi connectivity index (χ1v) is 5.97. The van der Waals surface area contributed by atoms with E-state index in [1.54, 1.807) is 0 Å². The molecule has 3 N–H and O–H groups in total. The predicted octanol–water partition coefficient (Wildman–Crippen LogP) is -1.39. The number of nitrogens with one attached hydrogen (secondary N) is 1. The predicted molar refractivity (Wildman–Crippen MR) is 65.4 cm³/mol. The van der Waals surface area contributed by atoms with Crippen molar-refractivity contribution in [2.24, 2.45) is 5.73 Å². The first kappa shape index (κ1) is 13.9. The van der Waals surface area contributed by atoms with E-state index in [0.717, 1.165) is 26.2 Å². The molecule has 0 aliphatic carbocycles. The van der Waals surface area contributed by atoms with Crippen molar-refractivity contribution in [2.75, 3.05) is 39.8 Å². The van der Waals surface area contributed by atoms with Crippen molar-refractivity contribution < 1.29 is 9.59 Å². The molecule has 1 fully saturated rings. The number of carbonyl (C=O) groups excluding carboxylic acids is 2. The maximum atomic E-state index is 11.8. The van der Waals surface area contributed by atoms with Gasteiger partial charge in [-0.25, -0.2) is 0 Å². The second kappa shape index (κ2) is 6.56. The Morgan fingerprint density at radius 1 is 1.29 bits per heavy atom. The largest absolute Gasteiger partial charge is 0.370 e. The number of primary amides is 1. The second-order valence-corrected chi connectivity index (χ2v) is 4.64. The summed E-state index contributed by atoms with van der Waals surface area (Å²) in [6.45, 7) is 5.52. The molecule has 98 valence electrons. The summed E-state index contributed by atoms with van der Waals surface area (Å²) in [4.78, 5) is 26.5. The smallest absolute Gasteiger partial charge is 0.236 e. The molecule has 0 bridgehead atoms. The van der Waals surface area contributed by atoms with Gasteiger partial charge in [-0.2, -0.15) is 0 Å². The fourth-order valence-corrected chi connectivity index (χ4v) is 1.80. The van der Waals surface area contributed by atoms with Crippen LogP contribution in [0.3, 0.4) is 0 Å². The molecule has 0 aromatic rings. The maximum Gasteiger partial charge on any atom is 0.236 e. The van der Waals surface area contributed by atoms with Gasteiger partial charge in [-0.1, -0.05) is 0 Å². The molecule has 0 aromatic heterocycles. The number of nitrogens with zero attached hydrogens (tertiary/aromatic N) is 2. The van der Waals surface area contributed by atoms with Crippen LogP contribution >= 0.6 is 0 Å². The molecule has 17 heavy (non-hydrogen) atoms. The van der Waals surface area contributed by atoms with Gasteiger partial charge in [-0.15, -0.1) is 0 Å². The second-order valence-electron chi connectivity index (χ2n) is 4.64. The van der Waals surface area contributed by atoms with Gasteiger partial charge < -0.3 is 20.9 Å². The molecule has 1 atom stereocenters. The van der Waals surface area contributed by atoms with Gasteiger partial charge in [-0.05, 0) is 14.0 Å². The molecular weight excluding hydrogens is 220 g/mol. The molecule has 0 aromatic carbocycles. The van der Waals surface area contributed by atoms with E-state index in [1.165, 1.54) is 0 Å². The molecule has 2 amide bonds. The number of hydrogen-bond donors (Lipinski definition) is 2. The summed E-state index contributed by atoms with van der Waals surface area (Å²) in [5.41, 5.74) is 5.08. The summed E-state index contributed by atoms with van der Waals surface area (Å²) in [6, 6.07) is -0.0519. The van der Waals surface area contributed by atoms with Crippen molar-refractivity contribution in [2.45, 2.75) is 19.4 Å².